The number of allylic oxidation sites excluding steroid dienone is 1. The Kier molecular flexibility index (Phi) is 9.18. The summed E-state index contributed by atoms with van der Waals surface area (Å²) in [7, 11) is -3.02. The van der Waals surface area contributed by atoms with E-state index in [1.165, 1.54) is 12.2 Å². The van der Waals surface area contributed by atoms with Crippen molar-refractivity contribution in [1.82, 2.24) is 24.6 Å². The average molecular weight is 560 g/mol. The van der Waals surface area contributed by atoms with Gasteiger partial charge in [-0.15, -0.1) is 0 Å². The summed E-state index contributed by atoms with van der Waals surface area (Å²) in [6.07, 6.45) is 7.92. The van der Waals surface area contributed by atoms with Gasteiger partial charge in [-0.3, -0.25) is 19.2 Å². The summed E-state index contributed by atoms with van der Waals surface area (Å²) in [5.41, 5.74) is 7.60. The number of amides is 1. The molecule has 3 aromatic rings. The third-order valence-corrected chi connectivity index (χ3v) is 7.31. The van der Waals surface area contributed by atoms with E-state index < -0.39 is 19.7 Å². The molecule has 0 radical (unpaired) electrons. The van der Waals surface area contributed by atoms with E-state index in [0.717, 1.165) is 12.8 Å². The van der Waals surface area contributed by atoms with Crippen LogP contribution >= 0.6 is 7.75 Å². The Morgan fingerprint density at radius 1 is 1.31 bits per heavy atom. The van der Waals surface area contributed by atoms with Crippen molar-refractivity contribution in [3.05, 3.63) is 48.8 Å². The maximum atomic E-state index is 12.7. The highest BCUT2D eigenvalue weighted by Gasteiger charge is 2.31. The van der Waals surface area contributed by atoms with Crippen LogP contribution in [0.3, 0.4) is 0 Å². The minimum Gasteiger partial charge on any atom is -0.476 e. The van der Waals surface area contributed by atoms with E-state index in [1.54, 1.807) is 37.5 Å². The van der Waals surface area contributed by atoms with E-state index in [1.807, 2.05) is 22.8 Å². The number of fused-ring (bicyclic) bond motifs is 1. The number of hydroxylamine groups is 1. The number of ether oxygens (including phenoxy) is 1. The highest BCUT2D eigenvalue weighted by Crippen LogP contribution is 2.40. The number of nitrogens with one attached hydrogen (secondary N) is 1. The first-order valence-electron chi connectivity index (χ1n) is 12.7. The smallest absolute Gasteiger partial charge is 0.432 e. The van der Waals surface area contributed by atoms with Crippen molar-refractivity contribution in [2.45, 2.75) is 45.2 Å². The Bertz CT molecular complexity index is 1350. The summed E-state index contributed by atoms with van der Waals surface area (Å²) < 4.78 is 25.6. The lowest BCUT2D eigenvalue weighted by molar-refractivity contribution is -0.122. The van der Waals surface area contributed by atoms with Crippen LogP contribution in [-0.4, -0.2) is 56.7 Å². The Morgan fingerprint density at radius 3 is 2.79 bits per heavy atom. The third-order valence-electron chi connectivity index (χ3n) is 6.30. The normalized spacial score (nSPS) is 19.1. The Balaban J connectivity index is 1.34. The number of imidazole rings is 1. The molecule has 210 valence electrons. The van der Waals surface area contributed by atoms with Gasteiger partial charge in [-0.25, -0.2) is 14.6 Å². The number of nitrogens with zero attached hydrogens (tertiary/aromatic N) is 5. The first kappa shape index (κ1) is 28.5. The predicted octanol–water partition coefficient (Wildman–Crippen LogP) is 3.39. The number of nitrogens with two attached hydrogens (primary N) is 1. The lowest BCUT2D eigenvalue weighted by atomic mass is 10.1. The second-order valence-corrected chi connectivity index (χ2v) is 10.7. The largest absolute Gasteiger partial charge is 0.476 e. The molecule has 2 heterocycles. The molecular weight excluding hydrogens is 525 g/mol. The van der Waals surface area contributed by atoms with Crippen LogP contribution in [0.4, 0.5) is 11.6 Å². The molecule has 0 aliphatic heterocycles. The summed E-state index contributed by atoms with van der Waals surface area (Å²) in [5, 5.41) is 3.44. The Labute approximate surface area is 226 Å². The van der Waals surface area contributed by atoms with Gasteiger partial charge in [0.05, 0.1) is 38.4 Å². The second-order valence-electron chi connectivity index (χ2n) is 9.17. The molecule has 0 bridgehead atoms. The first-order chi connectivity index (χ1) is 18.7. The number of unbranched alkanes of at least 4 members (excludes halogenated alkanes) is 1. The fourth-order valence-electron chi connectivity index (χ4n) is 4.28. The van der Waals surface area contributed by atoms with Crippen LogP contribution in [0.25, 0.3) is 11.2 Å². The van der Waals surface area contributed by atoms with Gasteiger partial charge in [0.2, 0.25) is 11.8 Å². The quantitative estimate of drug-likeness (QED) is 0.122. The maximum absolute atomic E-state index is 12.7. The fourth-order valence-corrected chi connectivity index (χ4v) is 5.20. The van der Waals surface area contributed by atoms with E-state index in [2.05, 4.69) is 27.0 Å². The lowest BCUT2D eigenvalue weighted by Crippen LogP contribution is -2.44. The molecular formula is C25H34N7O6P. The standard InChI is InChI=1S/C25H34N7O6P/c1-4-5-13-37-24-21-22(28-25(26)29-24)31(16-27-21)20-12-11-18(14-20)15-38-39(34,35)30-23(33)17(2)32(36-3)19-9-7-6-8-10-19/h6-12,16-18,20H,4-5,13-15H2,1-3H3,(H2,26,28,29)(H2,30,33,34,35)/t17-,18+,20-/m0/s1. The number of carbonyl (C=O) groups is 1. The number of rotatable bonds is 13. The van der Waals surface area contributed by atoms with E-state index in [4.69, 9.17) is 19.8 Å². The number of hydrogen-bond acceptors (Lipinski definition) is 10. The van der Waals surface area contributed by atoms with Crippen LogP contribution in [0, 0.1) is 5.92 Å². The van der Waals surface area contributed by atoms with Gasteiger partial charge in [0, 0.05) is 5.92 Å². The molecule has 1 unspecified atom stereocenters. The number of hydrogen-bond donors (Lipinski definition) is 3. The maximum Gasteiger partial charge on any atom is 0.432 e. The van der Waals surface area contributed by atoms with Crippen molar-refractivity contribution in [1.29, 1.82) is 0 Å². The number of benzene rings is 1. The zero-order valence-electron chi connectivity index (χ0n) is 22.1. The zero-order chi connectivity index (χ0) is 28.0. The molecule has 2 aromatic heterocycles. The van der Waals surface area contributed by atoms with E-state index >= 15 is 0 Å². The minimum atomic E-state index is -4.43. The number of anilines is 2. The minimum absolute atomic E-state index is 0.0722. The van der Waals surface area contributed by atoms with Crippen molar-refractivity contribution in [2.75, 3.05) is 31.1 Å². The fraction of sp³-hybridized carbons (Fsp3) is 0.440. The van der Waals surface area contributed by atoms with Gasteiger partial charge in [-0.2, -0.15) is 9.97 Å². The van der Waals surface area contributed by atoms with Gasteiger partial charge >= 0.3 is 7.75 Å². The van der Waals surface area contributed by atoms with Crippen LogP contribution < -0.4 is 20.6 Å². The van der Waals surface area contributed by atoms with Gasteiger partial charge in [-0.05, 0) is 31.9 Å². The molecule has 1 aliphatic rings. The molecule has 4 N–H and O–H groups in total. The first-order valence-corrected chi connectivity index (χ1v) is 14.3. The summed E-state index contributed by atoms with van der Waals surface area (Å²) in [6.45, 7) is 4.06. The van der Waals surface area contributed by atoms with Crippen LogP contribution in [-0.2, 0) is 18.7 Å². The van der Waals surface area contributed by atoms with Gasteiger partial charge in [-0.1, -0.05) is 43.7 Å². The molecule has 0 saturated heterocycles. The number of carbonyl (C=O) groups excluding carboxylic acids is 1. The molecule has 1 aliphatic carbocycles. The molecule has 0 fully saturated rings. The van der Waals surface area contributed by atoms with Gasteiger partial charge < -0.3 is 19.9 Å². The molecule has 1 aromatic carbocycles. The number of para-hydroxylation sites is 1. The van der Waals surface area contributed by atoms with Crippen LogP contribution in [0.15, 0.2) is 48.8 Å². The topological polar surface area (TPSA) is 167 Å². The molecule has 13 nitrogen and oxygen atoms in total. The number of aromatic nitrogens is 4. The SMILES string of the molecule is CCCCOc1nc(N)nc2c1ncn2[C@H]1C=C[C@@H](COP(=O)(O)NC(=O)[C@H](C)N(OC)c2ccccc2)C1. The predicted molar refractivity (Wildman–Crippen MR) is 146 cm³/mol. The van der Waals surface area contributed by atoms with E-state index in [0.29, 0.717) is 35.8 Å². The van der Waals surface area contributed by atoms with Crippen LogP contribution in [0.1, 0.15) is 39.2 Å². The Hall–Kier alpha value is -3.51. The van der Waals surface area contributed by atoms with Crippen molar-refractivity contribution >= 4 is 36.5 Å². The van der Waals surface area contributed by atoms with Gasteiger partial charge in [0.25, 0.3) is 5.91 Å². The summed E-state index contributed by atoms with van der Waals surface area (Å²) in [4.78, 5) is 41.3. The third kappa shape index (κ3) is 6.93. The Morgan fingerprint density at radius 2 is 2.08 bits per heavy atom. The highest BCUT2D eigenvalue weighted by molar-refractivity contribution is 7.51. The number of nitrogen functional groups attached to an aromatic ring is 1. The highest BCUT2D eigenvalue weighted by atomic mass is 31.2. The second kappa shape index (κ2) is 12.6. The summed E-state index contributed by atoms with van der Waals surface area (Å²) in [5.74, 6) is -0.466. The molecule has 0 saturated carbocycles. The van der Waals surface area contributed by atoms with E-state index in [-0.39, 0.29) is 24.5 Å². The van der Waals surface area contributed by atoms with Crippen LogP contribution in [0.5, 0.6) is 5.88 Å². The van der Waals surface area contributed by atoms with Crippen molar-refractivity contribution in [2.24, 2.45) is 5.92 Å². The molecule has 14 heteroatoms. The van der Waals surface area contributed by atoms with Gasteiger partial charge in [0.1, 0.15) is 6.04 Å². The van der Waals surface area contributed by atoms with Crippen molar-refractivity contribution in [3.8, 4) is 5.88 Å². The van der Waals surface area contributed by atoms with Crippen molar-refractivity contribution < 1.29 is 28.4 Å². The lowest BCUT2D eigenvalue weighted by Gasteiger charge is -2.28. The molecule has 4 atom stereocenters. The van der Waals surface area contributed by atoms with Gasteiger partial charge in [0.15, 0.2) is 11.2 Å². The molecule has 0 spiro atoms. The van der Waals surface area contributed by atoms with Crippen molar-refractivity contribution in [3.63, 3.8) is 0 Å². The molecule has 39 heavy (non-hydrogen) atoms. The van der Waals surface area contributed by atoms with E-state index in [9.17, 15) is 14.3 Å². The average Bonchev–Trinajstić information content (AvgIpc) is 3.55. The monoisotopic (exact) mass is 559 g/mol. The molecule has 4 rings (SSSR count). The van der Waals surface area contributed by atoms with Crippen LogP contribution in [0.2, 0.25) is 0 Å². The zero-order valence-corrected chi connectivity index (χ0v) is 23.0. The molecule has 1 amide bonds. The summed E-state index contributed by atoms with van der Waals surface area (Å²) >= 11 is 0. The summed E-state index contributed by atoms with van der Waals surface area (Å²) in [6, 6.07) is 7.92.